The monoisotopic (exact) mass is 491 g/mol. The molecular formula is C23H27ClFN5O2S. The van der Waals surface area contributed by atoms with Crippen molar-refractivity contribution in [1.29, 1.82) is 5.41 Å². The van der Waals surface area contributed by atoms with Crippen LogP contribution in [0.25, 0.3) is 11.4 Å². The van der Waals surface area contributed by atoms with Crippen molar-refractivity contribution < 1.29 is 12.8 Å². The van der Waals surface area contributed by atoms with Gasteiger partial charge in [-0.25, -0.2) is 12.8 Å². The van der Waals surface area contributed by atoms with Gasteiger partial charge in [-0.1, -0.05) is 50.1 Å². The molecule has 7 nitrogen and oxygen atoms in total. The Labute approximate surface area is 198 Å². The lowest BCUT2D eigenvalue weighted by molar-refractivity contribution is 0.588. The van der Waals surface area contributed by atoms with Crippen LogP contribution in [-0.4, -0.2) is 35.9 Å². The normalized spacial score (nSPS) is 12.5. The lowest BCUT2D eigenvalue weighted by Gasteiger charge is -2.27. The summed E-state index contributed by atoms with van der Waals surface area (Å²) in [6.45, 7) is 4.04. The van der Waals surface area contributed by atoms with Crippen molar-refractivity contribution in [2.24, 2.45) is 7.05 Å². The highest BCUT2D eigenvalue weighted by Gasteiger charge is 2.30. The number of anilines is 1. The van der Waals surface area contributed by atoms with Gasteiger partial charge < -0.3 is 9.98 Å². The lowest BCUT2D eigenvalue weighted by Crippen LogP contribution is -2.32. The Kier molecular flexibility index (Phi) is 7.86. The van der Waals surface area contributed by atoms with Gasteiger partial charge in [-0.3, -0.25) is 4.31 Å². The van der Waals surface area contributed by atoms with E-state index in [1.165, 1.54) is 28.7 Å². The third-order valence-electron chi connectivity index (χ3n) is 5.48. The number of hydrogen-bond donors (Lipinski definition) is 1. The Bertz CT molecular complexity index is 1230. The first-order valence-corrected chi connectivity index (χ1v) is 12.5. The second-order valence-corrected chi connectivity index (χ2v) is 9.92. The molecule has 0 saturated heterocycles. The van der Waals surface area contributed by atoms with Gasteiger partial charge >= 0.3 is 0 Å². The number of rotatable bonds is 10. The van der Waals surface area contributed by atoms with Crippen LogP contribution < -0.4 is 4.31 Å². The molecule has 3 aromatic rings. The average Bonchev–Trinajstić information content (AvgIpc) is 3.18. The Hall–Kier alpha value is -2.78. The molecule has 0 saturated carbocycles. The molecule has 176 valence electrons. The molecular weight excluding hydrogens is 465 g/mol. The summed E-state index contributed by atoms with van der Waals surface area (Å²) in [5.41, 5.74) is 0.484. The SMILES string of the molecule is CCCCN(c1cc(F)c(Cl)cc1-c1nnc(C(C=N)CC)n1C)S(=O)(=O)c1ccccc1. The third kappa shape index (κ3) is 4.94. The van der Waals surface area contributed by atoms with Crippen LogP contribution in [0.5, 0.6) is 0 Å². The number of sulfonamides is 1. The first kappa shape index (κ1) is 24.9. The van der Waals surface area contributed by atoms with Crippen LogP contribution in [0.2, 0.25) is 5.02 Å². The summed E-state index contributed by atoms with van der Waals surface area (Å²) in [7, 11) is -2.25. The largest absolute Gasteiger partial charge is 0.314 e. The van der Waals surface area contributed by atoms with Crippen LogP contribution in [0, 0.1) is 11.2 Å². The van der Waals surface area contributed by atoms with Gasteiger partial charge in [0.1, 0.15) is 11.6 Å². The number of hydrogen-bond acceptors (Lipinski definition) is 5. The fourth-order valence-corrected chi connectivity index (χ4v) is 5.29. The molecule has 1 atom stereocenters. The first-order chi connectivity index (χ1) is 15.8. The first-order valence-electron chi connectivity index (χ1n) is 10.7. The van der Waals surface area contributed by atoms with Gasteiger partial charge in [0.2, 0.25) is 0 Å². The van der Waals surface area contributed by atoms with Crippen molar-refractivity contribution >= 4 is 33.5 Å². The predicted octanol–water partition coefficient (Wildman–Crippen LogP) is 5.41. The van der Waals surface area contributed by atoms with E-state index in [2.05, 4.69) is 10.2 Å². The van der Waals surface area contributed by atoms with E-state index in [4.69, 9.17) is 17.0 Å². The Balaban J connectivity index is 2.25. The van der Waals surface area contributed by atoms with Gasteiger partial charge in [0.25, 0.3) is 10.0 Å². The van der Waals surface area contributed by atoms with Gasteiger partial charge in [-0.05, 0) is 31.0 Å². The molecule has 3 rings (SSSR count). The molecule has 0 bridgehead atoms. The molecule has 0 amide bonds. The Morgan fingerprint density at radius 3 is 2.52 bits per heavy atom. The van der Waals surface area contributed by atoms with Crippen LogP contribution in [-0.2, 0) is 17.1 Å². The number of halogens is 2. The predicted molar refractivity (Wildman–Crippen MR) is 129 cm³/mol. The second-order valence-electron chi connectivity index (χ2n) is 7.65. The molecule has 0 radical (unpaired) electrons. The van der Waals surface area contributed by atoms with Gasteiger partial charge in [-0.15, -0.1) is 10.2 Å². The van der Waals surface area contributed by atoms with Gasteiger partial charge in [0, 0.05) is 31.4 Å². The van der Waals surface area contributed by atoms with Crippen molar-refractivity contribution in [2.45, 2.75) is 43.9 Å². The molecule has 0 aliphatic carbocycles. The quantitative estimate of drug-likeness (QED) is 0.383. The lowest BCUT2D eigenvalue weighted by atomic mass is 10.1. The molecule has 33 heavy (non-hydrogen) atoms. The number of benzene rings is 2. The molecule has 1 N–H and O–H groups in total. The molecule has 1 heterocycles. The maximum Gasteiger partial charge on any atom is 0.264 e. The highest BCUT2D eigenvalue weighted by atomic mass is 35.5. The van der Waals surface area contributed by atoms with Crippen molar-refractivity contribution in [1.82, 2.24) is 14.8 Å². The van der Waals surface area contributed by atoms with Crippen LogP contribution in [0.1, 0.15) is 44.9 Å². The van der Waals surface area contributed by atoms with Crippen molar-refractivity contribution in [3.05, 3.63) is 59.1 Å². The maximum atomic E-state index is 14.7. The second kappa shape index (κ2) is 10.4. The summed E-state index contributed by atoms with van der Waals surface area (Å²) in [6.07, 6.45) is 3.26. The molecule has 0 aliphatic rings. The van der Waals surface area contributed by atoms with Crippen LogP contribution in [0.15, 0.2) is 47.4 Å². The van der Waals surface area contributed by atoms with Gasteiger partial charge in [0.05, 0.1) is 21.5 Å². The smallest absolute Gasteiger partial charge is 0.264 e. The molecule has 0 fully saturated rings. The zero-order valence-corrected chi connectivity index (χ0v) is 20.4. The van der Waals surface area contributed by atoms with E-state index in [-0.39, 0.29) is 28.1 Å². The molecule has 0 aliphatic heterocycles. The topological polar surface area (TPSA) is 91.9 Å². The fraction of sp³-hybridized carbons (Fsp3) is 0.348. The van der Waals surface area contributed by atoms with Crippen LogP contribution in [0.3, 0.4) is 0 Å². The van der Waals surface area contributed by atoms with Crippen molar-refractivity contribution in [3.63, 3.8) is 0 Å². The van der Waals surface area contributed by atoms with E-state index < -0.39 is 15.8 Å². The van der Waals surface area contributed by atoms with E-state index in [0.29, 0.717) is 30.1 Å². The minimum atomic E-state index is -3.99. The number of aromatic nitrogens is 3. The van der Waals surface area contributed by atoms with Gasteiger partial charge in [0.15, 0.2) is 5.82 Å². The summed E-state index contributed by atoms with van der Waals surface area (Å²) in [4.78, 5) is 0.107. The van der Waals surface area contributed by atoms with E-state index >= 15 is 0 Å². The average molecular weight is 492 g/mol. The number of nitrogens with zero attached hydrogens (tertiary/aromatic N) is 4. The fourth-order valence-electron chi connectivity index (χ4n) is 3.59. The van der Waals surface area contributed by atoms with Crippen LogP contribution in [0.4, 0.5) is 10.1 Å². The minimum Gasteiger partial charge on any atom is -0.314 e. The maximum absolute atomic E-state index is 14.7. The highest BCUT2D eigenvalue weighted by Crippen LogP contribution is 2.37. The summed E-state index contributed by atoms with van der Waals surface area (Å²) in [5.74, 6) is -0.0831. The summed E-state index contributed by atoms with van der Waals surface area (Å²) >= 11 is 6.12. The third-order valence-corrected chi connectivity index (χ3v) is 7.59. The minimum absolute atomic E-state index is 0.107. The summed E-state index contributed by atoms with van der Waals surface area (Å²) < 4.78 is 44.8. The van der Waals surface area contributed by atoms with Crippen molar-refractivity contribution in [2.75, 3.05) is 10.8 Å². The summed E-state index contributed by atoms with van der Waals surface area (Å²) in [5, 5.41) is 16.0. The van der Waals surface area contributed by atoms with E-state index in [1.807, 2.05) is 13.8 Å². The van der Waals surface area contributed by atoms with E-state index in [0.717, 1.165) is 12.5 Å². The molecule has 10 heteroatoms. The summed E-state index contributed by atoms with van der Waals surface area (Å²) in [6, 6.07) is 10.6. The highest BCUT2D eigenvalue weighted by molar-refractivity contribution is 7.92. The zero-order valence-electron chi connectivity index (χ0n) is 18.8. The van der Waals surface area contributed by atoms with E-state index in [1.54, 1.807) is 29.8 Å². The Morgan fingerprint density at radius 2 is 1.91 bits per heavy atom. The Morgan fingerprint density at radius 1 is 1.21 bits per heavy atom. The zero-order chi connectivity index (χ0) is 24.2. The molecule has 1 aromatic heterocycles. The number of unbranched alkanes of at least 4 members (excludes halogenated alkanes) is 1. The molecule has 1 unspecified atom stereocenters. The molecule has 2 aromatic carbocycles. The molecule has 0 spiro atoms. The van der Waals surface area contributed by atoms with E-state index in [9.17, 15) is 12.8 Å². The van der Waals surface area contributed by atoms with Crippen LogP contribution >= 0.6 is 11.6 Å². The van der Waals surface area contributed by atoms with Gasteiger partial charge in [-0.2, -0.15) is 0 Å². The standard InChI is InChI=1S/C23H27ClFN5O2S/c1-4-6-12-30(33(31,32)17-10-8-7-9-11-17)21-14-20(25)19(24)13-18(21)23-28-27-22(29(23)3)16(5-2)15-26/h7-11,13-16,26H,4-6,12H2,1-3H3. The number of nitrogens with one attached hydrogen (secondary N) is 1. The van der Waals surface area contributed by atoms with Crippen molar-refractivity contribution in [3.8, 4) is 11.4 Å².